The summed E-state index contributed by atoms with van der Waals surface area (Å²) in [6, 6.07) is 16.1. The molecule has 1 saturated heterocycles. The lowest BCUT2D eigenvalue weighted by atomic mass is 10.1. The van der Waals surface area contributed by atoms with Gasteiger partial charge in [0.05, 0.1) is 27.2 Å². The molecule has 9 nitrogen and oxygen atoms in total. The number of rotatable bonds is 5. The zero-order valence-electron chi connectivity index (χ0n) is 19.2. The summed E-state index contributed by atoms with van der Waals surface area (Å²) in [5, 5.41) is 22.3. The molecule has 0 amide bonds. The van der Waals surface area contributed by atoms with E-state index in [4.69, 9.17) is 0 Å². The average Bonchev–Trinajstić information content (AvgIpc) is 3.51. The van der Waals surface area contributed by atoms with Crippen LogP contribution in [-0.2, 0) is 6.54 Å². The number of anilines is 1. The Morgan fingerprint density at radius 3 is 2.40 bits per heavy atom. The molecule has 4 heterocycles. The summed E-state index contributed by atoms with van der Waals surface area (Å²) in [6.45, 7) is 5.32. The second-order valence-corrected chi connectivity index (χ2v) is 9.15. The molecule has 2 aliphatic rings. The quantitative estimate of drug-likeness (QED) is 0.327. The van der Waals surface area contributed by atoms with Crippen LogP contribution in [-0.4, -0.2) is 51.7 Å². The molecular weight excluding hydrogens is 444 g/mol. The van der Waals surface area contributed by atoms with Crippen molar-refractivity contribution < 1.29 is 4.92 Å². The van der Waals surface area contributed by atoms with E-state index in [0.717, 1.165) is 61.2 Å². The fourth-order valence-electron chi connectivity index (χ4n) is 5.62. The summed E-state index contributed by atoms with van der Waals surface area (Å²) in [4.78, 5) is 29.2. The highest BCUT2D eigenvalue weighted by Gasteiger charge is 2.30. The first-order chi connectivity index (χ1) is 17.1. The number of aromatic nitrogens is 2. The molecular formula is C26H24N6O3. The Morgan fingerprint density at radius 1 is 0.943 bits per heavy atom. The van der Waals surface area contributed by atoms with Crippen LogP contribution in [0.3, 0.4) is 0 Å². The van der Waals surface area contributed by atoms with Crippen LogP contribution < -0.4 is 10.5 Å². The number of para-hydroxylation sites is 1. The molecule has 0 unspecified atom stereocenters. The van der Waals surface area contributed by atoms with Crippen molar-refractivity contribution >= 4 is 33.3 Å². The van der Waals surface area contributed by atoms with Crippen molar-refractivity contribution in [3.8, 4) is 11.8 Å². The minimum absolute atomic E-state index is 0.0493. The molecule has 0 N–H and O–H groups in total. The van der Waals surface area contributed by atoms with E-state index in [9.17, 15) is 20.2 Å². The number of fused-ring (bicyclic) bond motifs is 3. The van der Waals surface area contributed by atoms with E-state index in [2.05, 4.69) is 20.4 Å². The second kappa shape index (κ2) is 8.25. The van der Waals surface area contributed by atoms with Crippen molar-refractivity contribution in [3.05, 3.63) is 74.6 Å². The summed E-state index contributed by atoms with van der Waals surface area (Å²) in [6.07, 6.45) is 2.43. The molecule has 0 aliphatic carbocycles. The number of benzene rings is 2. The van der Waals surface area contributed by atoms with Crippen LogP contribution in [0.5, 0.6) is 0 Å². The minimum Gasteiger partial charge on any atom is -0.365 e. The lowest BCUT2D eigenvalue weighted by Gasteiger charge is -2.33. The highest BCUT2D eigenvalue weighted by Crippen LogP contribution is 2.39. The van der Waals surface area contributed by atoms with Gasteiger partial charge in [0.15, 0.2) is 0 Å². The molecule has 4 aromatic rings. The highest BCUT2D eigenvalue weighted by atomic mass is 16.6. The molecule has 9 heteroatoms. The van der Waals surface area contributed by atoms with Gasteiger partial charge in [-0.1, -0.05) is 18.2 Å². The Morgan fingerprint density at radius 2 is 1.69 bits per heavy atom. The minimum atomic E-state index is -0.464. The zero-order valence-corrected chi connectivity index (χ0v) is 19.2. The monoisotopic (exact) mass is 468 g/mol. The fourth-order valence-corrected chi connectivity index (χ4v) is 5.62. The number of nitrogens with zero attached hydrogens (tertiary/aromatic N) is 6. The van der Waals surface area contributed by atoms with E-state index >= 15 is 0 Å². The molecule has 0 saturated carbocycles. The van der Waals surface area contributed by atoms with Crippen LogP contribution in [0.25, 0.3) is 27.6 Å². The van der Waals surface area contributed by atoms with E-state index in [1.54, 1.807) is 16.7 Å². The maximum Gasteiger partial charge on any atom is 0.275 e. The summed E-state index contributed by atoms with van der Waals surface area (Å²) >= 11 is 0. The Balaban J connectivity index is 1.62. The number of hydrogen-bond donors (Lipinski definition) is 0. The maximum atomic E-state index is 13.9. The van der Waals surface area contributed by atoms with Crippen LogP contribution in [0.4, 0.5) is 11.4 Å². The first kappa shape index (κ1) is 21.4. The van der Waals surface area contributed by atoms with Crippen molar-refractivity contribution in [2.24, 2.45) is 0 Å². The molecule has 2 aliphatic heterocycles. The third-order valence-corrected chi connectivity index (χ3v) is 7.27. The molecule has 0 atom stereocenters. The Bertz CT molecular complexity index is 1570. The van der Waals surface area contributed by atoms with Gasteiger partial charge >= 0.3 is 0 Å². The highest BCUT2D eigenvalue weighted by molar-refractivity contribution is 6.12. The number of nitro groups is 1. The molecule has 1 fully saturated rings. The van der Waals surface area contributed by atoms with Crippen molar-refractivity contribution in [1.29, 1.82) is 5.26 Å². The smallest absolute Gasteiger partial charge is 0.275 e. The molecule has 2 aromatic heterocycles. The maximum absolute atomic E-state index is 13.9. The van der Waals surface area contributed by atoms with E-state index in [-0.39, 0.29) is 11.3 Å². The van der Waals surface area contributed by atoms with Crippen molar-refractivity contribution in [2.45, 2.75) is 19.4 Å². The standard InChI is InChI=1S/C26H24N6O3/c27-17-21-23-25-24(31(26(21)33)18-7-9-19(10-8-18)32(34)35)20-5-1-2-6-22(20)30(25)16-15-29(23)14-13-28-11-3-4-12-28/h1-2,5-10H,3-4,11-16H2. The number of likely N-dealkylation sites (tertiary alicyclic amines) is 1. The van der Waals surface area contributed by atoms with Gasteiger partial charge in [0.25, 0.3) is 11.2 Å². The molecule has 6 rings (SSSR count). The van der Waals surface area contributed by atoms with E-state index in [0.29, 0.717) is 11.4 Å². The number of non-ortho nitro benzene ring substituents is 1. The van der Waals surface area contributed by atoms with Gasteiger partial charge < -0.3 is 14.4 Å². The topological polar surface area (TPSA) is 100 Å². The van der Waals surface area contributed by atoms with Crippen LogP contribution in [0.2, 0.25) is 0 Å². The molecule has 176 valence electrons. The second-order valence-electron chi connectivity index (χ2n) is 9.15. The van der Waals surface area contributed by atoms with Gasteiger partial charge in [-0.3, -0.25) is 19.5 Å². The lowest BCUT2D eigenvalue weighted by Crippen LogP contribution is -2.40. The summed E-state index contributed by atoms with van der Waals surface area (Å²) in [5.74, 6) is 0. The summed E-state index contributed by atoms with van der Waals surface area (Å²) in [7, 11) is 0. The summed E-state index contributed by atoms with van der Waals surface area (Å²) in [5.41, 5.74) is 3.47. The average molecular weight is 469 g/mol. The van der Waals surface area contributed by atoms with Crippen molar-refractivity contribution in [1.82, 2.24) is 14.0 Å². The molecule has 35 heavy (non-hydrogen) atoms. The third kappa shape index (κ3) is 3.29. The number of nitriles is 1. The Kier molecular flexibility index (Phi) is 5.04. The van der Waals surface area contributed by atoms with Crippen LogP contribution in [0.15, 0.2) is 53.3 Å². The van der Waals surface area contributed by atoms with Crippen molar-refractivity contribution in [3.63, 3.8) is 0 Å². The molecule has 0 bridgehead atoms. The molecule has 0 radical (unpaired) electrons. The van der Waals surface area contributed by atoms with Gasteiger partial charge in [-0.15, -0.1) is 0 Å². The summed E-state index contributed by atoms with van der Waals surface area (Å²) < 4.78 is 3.75. The van der Waals surface area contributed by atoms with Crippen LogP contribution >= 0.6 is 0 Å². The van der Waals surface area contributed by atoms with Gasteiger partial charge in [-0.25, -0.2) is 0 Å². The van der Waals surface area contributed by atoms with E-state index in [1.807, 2.05) is 24.3 Å². The SMILES string of the molecule is N#Cc1c2c3c(c4ccccc4n3CCN2CCN2CCCC2)n(-c2ccc([N+](=O)[O-])cc2)c1=O. The Labute approximate surface area is 201 Å². The molecule has 2 aromatic carbocycles. The van der Waals surface area contributed by atoms with E-state index < -0.39 is 10.5 Å². The van der Waals surface area contributed by atoms with Gasteiger partial charge in [-0.05, 0) is 44.1 Å². The van der Waals surface area contributed by atoms with Gasteiger partial charge in [0, 0.05) is 49.4 Å². The number of nitro benzene ring substituents is 1. The van der Waals surface area contributed by atoms with Gasteiger partial charge in [-0.2, -0.15) is 5.26 Å². The predicted octanol–water partition coefficient (Wildman–Crippen LogP) is 3.64. The normalized spacial score (nSPS) is 15.7. The largest absolute Gasteiger partial charge is 0.365 e. The van der Waals surface area contributed by atoms with Crippen LogP contribution in [0, 0.1) is 21.4 Å². The molecule has 0 spiro atoms. The van der Waals surface area contributed by atoms with Gasteiger partial charge in [0.2, 0.25) is 0 Å². The number of pyridine rings is 1. The predicted molar refractivity (Wildman–Crippen MR) is 134 cm³/mol. The lowest BCUT2D eigenvalue weighted by molar-refractivity contribution is -0.384. The fraction of sp³-hybridized carbons (Fsp3) is 0.308. The van der Waals surface area contributed by atoms with Gasteiger partial charge in [0.1, 0.15) is 11.6 Å². The van der Waals surface area contributed by atoms with Crippen molar-refractivity contribution in [2.75, 3.05) is 37.6 Å². The van der Waals surface area contributed by atoms with E-state index in [1.165, 1.54) is 25.0 Å². The first-order valence-corrected chi connectivity index (χ1v) is 11.9. The third-order valence-electron chi connectivity index (χ3n) is 7.27. The zero-order chi connectivity index (χ0) is 24.1. The number of hydrogen-bond acceptors (Lipinski definition) is 6. The Hall–Kier alpha value is -4.16. The van der Waals surface area contributed by atoms with Crippen LogP contribution in [0.1, 0.15) is 18.4 Å². The first-order valence-electron chi connectivity index (χ1n) is 11.9.